The zero-order valence-electron chi connectivity index (χ0n) is 6.97. The van der Waals surface area contributed by atoms with Gasteiger partial charge in [-0.05, 0) is 6.07 Å². The number of benzene rings is 1. The third-order valence-corrected chi connectivity index (χ3v) is 1.74. The molecule has 0 saturated heterocycles. The van der Waals surface area contributed by atoms with E-state index in [1.54, 1.807) is 0 Å². The van der Waals surface area contributed by atoms with Crippen molar-refractivity contribution in [2.45, 2.75) is 6.10 Å². The van der Waals surface area contributed by atoms with Gasteiger partial charge in [0.15, 0.2) is 17.4 Å². The van der Waals surface area contributed by atoms with Crippen molar-refractivity contribution in [1.82, 2.24) is 0 Å². The molecule has 1 aromatic rings. The molecule has 3 nitrogen and oxygen atoms in total. The number of aromatic hydroxyl groups is 1. The van der Waals surface area contributed by atoms with E-state index in [1.165, 1.54) is 0 Å². The standard InChI is InChI=1S/C8H8F3NO2/c9-4-1-3(5(13)2-12)6(10)8(14)7(4)11/h1,5,13-14H,2,12H2. The highest BCUT2D eigenvalue weighted by molar-refractivity contribution is 5.34. The van der Waals surface area contributed by atoms with Crippen molar-refractivity contribution < 1.29 is 23.4 Å². The van der Waals surface area contributed by atoms with E-state index in [0.29, 0.717) is 6.07 Å². The van der Waals surface area contributed by atoms with Gasteiger partial charge in [-0.3, -0.25) is 0 Å². The van der Waals surface area contributed by atoms with E-state index < -0.39 is 34.9 Å². The second kappa shape index (κ2) is 3.85. The van der Waals surface area contributed by atoms with Crippen LogP contribution in [-0.4, -0.2) is 16.8 Å². The van der Waals surface area contributed by atoms with Crippen molar-refractivity contribution in [3.63, 3.8) is 0 Å². The number of hydrogen-bond donors (Lipinski definition) is 3. The van der Waals surface area contributed by atoms with Crippen LogP contribution in [0.4, 0.5) is 13.2 Å². The lowest BCUT2D eigenvalue weighted by Gasteiger charge is -2.10. The van der Waals surface area contributed by atoms with E-state index in [0.717, 1.165) is 0 Å². The van der Waals surface area contributed by atoms with Crippen LogP contribution in [0.15, 0.2) is 6.07 Å². The summed E-state index contributed by atoms with van der Waals surface area (Å²) in [6.07, 6.45) is -1.48. The van der Waals surface area contributed by atoms with Gasteiger partial charge in [-0.1, -0.05) is 0 Å². The first-order valence-corrected chi connectivity index (χ1v) is 3.73. The van der Waals surface area contributed by atoms with Gasteiger partial charge < -0.3 is 15.9 Å². The lowest BCUT2D eigenvalue weighted by molar-refractivity contribution is 0.179. The monoisotopic (exact) mass is 207 g/mol. The van der Waals surface area contributed by atoms with Gasteiger partial charge in [-0.25, -0.2) is 8.78 Å². The molecule has 0 fully saturated rings. The molecule has 0 aliphatic carbocycles. The molecule has 1 unspecified atom stereocenters. The quantitative estimate of drug-likeness (QED) is 0.628. The average Bonchev–Trinajstić information content (AvgIpc) is 2.19. The predicted octanol–water partition coefficient (Wildman–Crippen LogP) is 0.802. The van der Waals surface area contributed by atoms with Crippen LogP contribution in [0.1, 0.15) is 11.7 Å². The normalized spacial score (nSPS) is 12.9. The molecule has 14 heavy (non-hydrogen) atoms. The Morgan fingerprint density at radius 1 is 1.29 bits per heavy atom. The van der Waals surface area contributed by atoms with Gasteiger partial charge >= 0.3 is 0 Å². The Hall–Kier alpha value is -1.27. The molecule has 0 amide bonds. The maximum atomic E-state index is 13.0. The molecule has 0 spiro atoms. The van der Waals surface area contributed by atoms with Crippen LogP contribution < -0.4 is 5.73 Å². The van der Waals surface area contributed by atoms with Crippen LogP contribution in [0.5, 0.6) is 5.75 Å². The highest BCUT2D eigenvalue weighted by Crippen LogP contribution is 2.28. The average molecular weight is 207 g/mol. The van der Waals surface area contributed by atoms with Crippen molar-refractivity contribution in [1.29, 1.82) is 0 Å². The Kier molecular flexibility index (Phi) is 2.97. The van der Waals surface area contributed by atoms with Crippen LogP contribution in [-0.2, 0) is 0 Å². The van der Waals surface area contributed by atoms with Crippen LogP contribution in [0.2, 0.25) is 0 Å². The fraction of sp³-hybridized carbons (Fsp3) is 0.250. The minimum atomic E-state index is -1.68. The molecule has 1 atom stereocenters. The van der Waals surface area contributed by atoms with E-state index >= 15 is 0 Å². The summed E-state index contributed by atoms with van der Waals surface area (Å²) in [5, 5.41) is 17.9. The molecule has 6 heteroatoms. The van der Waals surface area contributed by atoms with Gasteiger partial charge in [0.25, 0.3) is 0 Å². The molecular formula is C8H8F3NO2. The topological polar surface area (TPSA) is 66.5 Å². The first kappa shape index (κ1) is 10.8. The van der Waals surface area contributed by atoms with E-state index in [2.05, 4.69) is 0 Å². The molecule has 1 rings (SSSR count). The van der Waals surface area contributed by atoms with E-state index in [4.69, 9.17) is 15.9 Å². The number of nitrogens with two attached hydrogens (primary N) is 1. The number of halogens is 3. The van der Waals surface area contributed by atoms with Gasteiger partial charge in [0.05, 0.1) is 6.10 Å². The summed E-state index contributed by atoms with van der Waals surface area (Å²) in [5.41, 5.74) is 4.43. The largest absolute Gasteiger partial charge is 0.503 e. The first-order valence-electron chi connectivity index (χ1n) is 3.73. The number of hydrogen-bond acceptors (Lipinski definition) is 3. The lowest BCUT2D eigenvalue weighted by atomic mass is 10.1. The predicted molar refractivity (Wildman–Crippen MR) is 42.0 cm³/mol. The summed E-state index contributed by atoms with van der Waals surface area (Å²) in [6.45, 7) is -0.360. The minimum absolute atomic E-state index is 0.360. The summed E-state index contributed by atoms with van der Waals surface area (Å²) in [4.78, 5) is 0. The SMILES string of the molecule is NCC(O)c1cc(F)c(F)c(O)c1F. The van der Waals surface area contributed by atoms with E-state index in [1.807, 2.05) is 0 Å². The van der Waals surface area contributed by atoms with Crippen LogP contribution >= 0.6 is 0 Å². The van der Waals surface area contributed by atoms with Gasteiger partial charge in [-0.15, -0.1) is 0 Å². The summed E-state index contributed by atoms with van der Waals surface area (Å²) >= 11 is 0. The molecular weight excluding hydrogens is 199 g/mol. The fourth-order valence-corrected chi connectivity index (χ4v) is 0.979. The minimum Gasteiger partial charge on any atom is -0.503 e. The molecule has 0 aliphatic rings. The Bertz CT molecular complexity index is 357. The zero-order valence-corrected chi connectivity index (χ0v) is 6.97. The number of aliphatic hydroxyl groups excluding tert-OH is 1. The smallest absolute Gasteiger partial charge is 0.203 e. The number of rotatable bonds is 2. The molecule has 0 heterocycles. The Morgan fingerprint density at radius 2 is 1.86 bits per heavy atom. The highest BCUT2D eigenvalue weighted by atomic mass is 19.2. The third kappa shape index (κ3) is 1.66. The van der Waals surface area contributed by atoms with Crippen molar-refractivity contribution in [3.8, 4) is 5.75 Å². The number of phenolic OH excluding ortho intramolecular Hbond substituents is 1. The molecule has 78 valence electrons. The second-order valence-corrected chi connectivity index (χ2v) is 2.68. The zero-order chi connectivity index (χ0) is 10.9. The van der Waals surface area contributed by atoms with Gasteiger partial charge in [0, 0.05) is 12.1 Å². The fourth-order valence-electron chi connectivity index (χ4n) is 0.979. The van der Waals surface area contributed by atoms with Gasteiger partial charge in [0.1, 0.15) is 0 Å². The van der Waals surface area contributed by atoms with Gasteiger partial charge in [-0.2, -0.15) is 4.39 Å². The highest BCUT2D eigenvalue weighted by Gasteiger charge is 2.21. The Balaban J connectivity index is 3.33. The summed E-state index contributed by atoms with van der Waals surface area (Å²) in [6, 6.07) is 0.460. The maximum absolute atomic E-state index is 13.0. The van der Waals surface area contributed by atoms with Crippen molar-refractivity contribution >= 4 is 0 Å². The van der Waals surface area contributed by atoms with Crippen LogP contribution in [0.3, 0.4) is 0 Å². The molecule has 0 aliphatic heterocycles. The van der Waals surface area contributed by atoms with E-state index in [-0.39, 0.29) is 6.54 Å². The molecule has 0 bridgehead atoms. The maximum Gasteiger partial charge on any atom is 0.203 e. The molecule has 0 aromatic heterocycles. The van der Waals surface area contributed by atoms with Gasteiger partial charge in [0.2, 0.25) is 5.82 Å². The summed E-state index contributed by atoms with van der Waals surface area (Å²) < 4.78 is 38.2. The van der Waals surface area contributed by atoms with E-state index in [9.17, 15) is 13.2 Å². The molecule has 4 N–H and O–H groups in total. The second-order valence-electron chi connectivity index (χ2n) is 2.68. The van der Waals surface area contributed by atoms with Crippen molar-refractivity contribution in [2.24, 2.45) is 5.73 Å². The third-order valence-electron chi connectivity index (χ3n) is 1.74. The van der Waals surface area contributed by atoms with Crippen LogP contribution in [0, 0.1) is 17.5 Å². The van der Waals surface area contributed by atoms with Crippen LogP contribution in [0.25, 0.3) is 0 Å². The number of aliphatic hydroxyl groups is 1. The molecule has 0 radical (unpaired) electrons. The lowest BCUT2D eigenvalue weighted by Crippen LogP contribution is -2.14. The Morgan fingerprint density at radius 3 is 2.36 bits per heavy atom. The summed E-state index contributed by atoms with van der Waals surface area (Å²) in [5.74, 6) is -5.98. The van der Waals surface area contributed by atoms with Crippen molar-refractivity contribution in [3.05, 3.63) is 29.1 Å². The Labute approximate surface area is 77.6 Å². The van der Waals surface area contributed by atoms with Crippen molar-refractivity contribution in [2.75, 3.05) is 6.54 Å². The molecule has 0 saturated carbocycles. The first-order chi connectivity index (χ1) is 6.49. The number of phenols is 1. The molecule has 1 aromatic carbocycles. The summed E-state index contributed by atoms with van der Waals surface area (Å²) in [7, 11) is 0.